The van der Waals surface area contributed by atoms with Crippen LogP contribution in [0.15, 0.2) is 120 Å². The van der Waals surface area contributed by atoms with Gasteiger partial charge in [-0.25, -0.2) is 0 Å². The largest absolute Gasteiger partial charge is 0.501 e. The van der Waals surface area contributed by atoms with E-state index in [1.807, 2.05) is 39.1 Å². The molecule has 9 aromatic rings. The first-order valence-corrected chi connectivity index (χ1v) is 27.9. The molecule has 0 saturated heterocycles. The number of fused-ring (bicyclic) bond motifs is 4. The van der Waals surface area contributed by atoms with E-state index >= 15 is 0 Å². The van der Waals surface area contributed by atoms with Crippen LogP contribution in [-0.2, 0) is 31.9 Å². The summed E-state index contributed by atoms with van der Waals surface area (Å²) in [6.45, 7) is 34.8. The number of aromatic nitrogens is 3. The van der Waals surface area contributed by atoms with Crippen LogP contribution < -0.4 is 5.19 Å². The number of aryl methyl sites for hydroxylation is 3. The molecule has 0 atom stereocenters. The van der Waals surface area contributed by atoms with E-state index in [0.29, 0.717) is 11.8 Å². The Morgan fingerprint density at radius 2 is 1.38 bits per heavy atom. The van der Waals surface area contributed by atoms with Gasteiger partial charge in [0.1, 0.15) is 5.58 Å². The zero-order valence-corrected chi connectivity index (χ0v) is 47.1. The van der Waals surface area contributed by atoms with E-state index in [1.165, 1.54) is 44.6 Å². The van der Waals surface area contributed by atoms with Gasteiger partial charge >= 0.3 is 0 Å². The number of nitrogens with zero attached hydrogens (tertiary/aromatic N) is 3. The van der Waals surface area contributed by atoms with E-state index in [4.69, 9.17) is 17.1 Å². The molecular formula is C63H71IrN3OSi-2. The maximum atomic E-state index is 8.89. The molecule has 0 unspecified atom stereocenters. The quantitative estimate of drug-likeness (QED) is 0.112. The number of rotatable bonds is 8. The van der Waals surface area contributed by atoms with Gasteiger partial charge in [-0.15, -0.1) is 53.1 Å². The van der Waals surface area contributed by atoms with Gasteiger partial charge in [0, 0.05) is 40.1 Å². The molecule has 6 aromatic carbocycles. The van der Waals surface area contributed by atoms with Crippen LogP contribution >= 0.6 is 0 Å². The third kappa shape index (κ3) is 10.7. The van der Waals surface area contributed by atoms with E-state index in [0.717, 1.165) is 71.9 Å². The zero-order valence-electron chi connectivity index (χ0n) is 45.7. The van der Waals surface area contributed by atoms with Crippen LogP contribution in [0.4, 0.5) is 0 Å². The molecule has 0 saturated carbocycles. The molecule has 0 bridgehead atoms. The van der Waals surface area contributed by atoms with Gasteiger partial charge in [-0.05, 0) is 124 Å². The van der Waals surface area contributed by atoms with Gasteiger partial charge in [0.05, 0.1) is 30.5 Å². The molecule has 359 valence electrons. The van der Waals surface area contributed by atoms with Gasteiger partial charge in [0.2, 0.25) is 0 Å². The van der Waals surface area contributed by atoms with Crippen molar-refractivity contribution in [3.05, 3.63) is 166 Å². The van der Waals surface area contributed by atoms with Gasteiger partial charge in [-0.1, -0.05) is 161 Å². The summed E-state index contributed by atoms with van der Waals surface area (Å²) >= 11 is 0. The fourth-order valence-corrected chi connectivity index (χ4v) is 10.6. The Kier molecular flexibility index (Phi) is 13.9. The smallest absolute Gasteiger partial charge is 0.121 e. The first kappa shape index (κ1) is 48.6. The Morgan fingerprint density at radius 1 is 0.739 bits per heavy atom. The Balaban J connectivity index is 0.000000230. The van der Waals surface area contributed by atoms with Gasteiger partial charge < -0.3 is 14.0 Å². The maximum absolute atomic E-state index is 8.89. The predicted octanol–water partition coefficient (Wildman–Crippen LogP) is 17.2. The molecule has 0 amide bonds. The first-order chi connectivity index (χ1) is 32.8. The number of para-hydroxylation sites is 2. The van der Waals surface area contributed by atoms with Crippen molar-refractivity contribution in [3.63, 3.8) is 0 Å². The van der Waals surface area contributed by atoms with Gasteiger partial charge in [0.15, 0.2) is 0 Å². The van der Waals surface area contributed by atoms with Crippen molar-refractivity contribution >= 4 is 46.2 Å². The standard InChI is InChI=1S/C40H37N2O.C23H34NSi.Ir/c1-23(2)31-21-29(28-13-9-8-10-14-28)22-32(24(3)4)38(31)42-35-16-12-11-15-34(35)41-40(42)30-18-17-25(5)37-33-19-26(6)27(7)20-36(33)43-39(30)37;1-22(2,3)15-18-14-20(24-16-21(18)25(7,8)9)17-11-10-12-19(13-17)23(4,5)6;/h8-17,19-24H,1-7H3;10,12-14,16H,15H2,1-9H3;/q2*-1;/i;15D2;. The molecular weight excluding hydrogens is 1040 g/mol. The van der Waals surface area contributed by atoms with Crippen molar-refractivity contribution < 1.29 is 27.3 Å². The van der Waals surface area contributed by atoms with Crippen LogP contribution in [0.5, 0.6) is 0 Å². The van der Waals surface area contributed by atoms with Crippen molar-refractivity contribution in [1.82, 2.24) is 14.5 Å². The van der Waals surface area contributed by atoms with Crippen LogP contribution in [0.1, 0.15) is 123 Å². The van der Waals surface area contributed by atoms with Crippen LogP contribution in [0.2, 0.25) is 19.6 Å². The summed E-state index contributed by atoms with van der Waals surface area (Å²) in [6, 6.07) is 45.5. The third-order valence-electron chi connectivity index (χ3n) is 13.1. The van der Waals surface area contributed by atoms with Gasteiger partial charge in [0.25, 0.3) is 0 Å². The van der Waals surface area contributed by atoms with Crippen LogP contribution in [0.25, 0.3) is 72.4 Å². The molecule has 0 aliphatic rings. The number of hydrogen-bond donors (Lipinski definition) is 0. The molecule has 9 rings (SSSR count). The number of pyridine rings is 1. The number of imidazole rings is 1. The van der Waals surface area contributed by atoms with Crippen molar-refractivity contribution in [2.45, 2.75) is 133 Å². The predicted molar refractivity (Wildman–Crippen MR) is 294 cm³/mol. The Bertz CT molecular complexity index is 3370. The first-order valence-electron chi connectivity index (χ1n) is 25.4. The molecule has 6 heteroatoms. The summed E-state index contributed by atoms with van der Waals surface area (Å²) < 4.78 is 26.8. The Labute approximate surface area is 430 Å². The summed E-state index contributed by atoms with van der Waals surface area (Å²) in [7, 11) is -1.74. The Morgan fingerprint density at radius 3 is 2.00 bits per heavy atom. The number of furan rings is 1. The zero-order chi connectivity index (χ0) is 50.8. The second-order valence-corrected chi connectivity index (χ2v) is 27.5. The Hall–Kier alpha value is -5.39. The van der Waals surface area contributed by atoms with Crippen LogP contribution in [0.3, 0.4) is 0 Å². The van der Waals surface area contributed by atoms with Gasteiger partial charge in [-0.2, -0.15) is 0 Å². The molecule has 69 heavy (non-hydrogen) atoms. The minimum absolute atomic E-state index is 0. The van der Waals surface area contributed by atoms with Crippen molar-refractivity contribution in [1.29, 1.82) is 0 Å². The minimum atomic E-state index is -1.74. The second kappa shape index (κ2) is 19.8. The molecule has 3 aromatic heterocycles. The molecule has 0 aliphatic carbocycles. The summed E-state index contributed by atoms with van der Waals surface area (Å²) in [5, 5.41) is 3.38. The van der Waals surface area contributed by atoms with E-state index in [-0.39, 0.29) is 25.5 Å². The van der Waals surface area contributed by atoms with Crippen LogP contribution in [0, 0.1) is 38.3 Å². The van der Waals surface area contributed by atoms with E-state index in [9.17, 15) is 0 Å². The number of benzene rings is 6. The molecule has 3 heterocycles. The van der Waals surface area contributed by atoms with E-state index in [2.05, 4.69) is 203 Å². The molecule has 1 radical (unpaired) electrons. The summed E-state index contributed by atoms with van der Waals surface area (Å²) in [5.41, 5.74) is 17.9. The second-order valence-electron chi connectivity index (χ2n) is 22.5. The molecule has 0 spiro atoms. The summed E-state index contributed by atoms with van der Waals surface area (Å²) in [6.07, 6.45) is 0.472. The SMILES string of the molecule is Cc1cc2oc3c(-c4nc5ccccc5n4-c4c(C(C)C)cc(-c5ccccc5)cc4C(C)C)[c-]cc(C)c3c2cc1C.[2H]C([2H])(c1cc(-c2[c-]ccc(C(C)(C)C)c2)ncc1[Si](C)(C)C)C(C)(C)C.[Ir]. The molecule has 0 fully saturated rings. The van der Waals surface area contributed by atoms with Crippen molar-refractivity contribution in [2.24, 2.45) is 5.41 Å². The van der Waals surface area contributed by atoms with Crippen LogP contribution in [-0.4, -0.2) is 22.6 Å². The van der Waals surface area contributed by atoms with E-state index in [1.54, 1.807) is 0 Å². The third-order valence-corrected chi connectivity index (χ3v) is 15.1. The van der Waals surface area contributed by atoms with E-state index < -0.39 is 19.9 Å². The fourth-order valence-electron chi connectivity index (χ4n) is 9.23. The summed E-state index contributed by atoms with van der Waals surface area (Å²) in [5.74, 6) is 1.45. The fraction of sp³-hybridized carbons (Fsp3) is 0.333. The van der Waals surface area contributed by atoms with Gasteiger partial charge in [-0.3, -0.25) is 4.98 Å². The average molecular weight is 1110 g/mol. The monoisotopic (exact) mass is 1110 g/mol. The average Bonchev–Trinajstić information content (AvgIpc) is 3.87. The summed E-state index contributed by atoms with van der Waals surface area (Å²) in [4.78, 5) is 10.0. The topological polar surface area (TPSA) is 43.9 Å². The number of hydrogen-bond acceptors (Lipinski definition) is 3. The normalized spacial score (nSPS) is 12.9. The maximum Gasteiger partial charge on any atom is 0.121 e. The molecule has 0 N–H and O–H groups in total. The van der Waals surface area contributed by atoms with Crippen molar-refractivity contribution in [2.75, 3.05) is 0 Å². The van der Waals surface area contributed by atoms with Crippen molar-refractivity contribution in [3.8, 4) is 39.5 Å². The minimum Gasteiger partial charge on any atom is -0.501 e. The molecule has 0 aliphatic heterocycles. The molecule has 4 nitrogen and oxygen atoms in total.